The van der Waals surface area contributed by atoms with Crippen molar-refractivity contribution in [1.29, 1.82) is 0 Å². The molecule has 16 heavy (non-hydrogen) atoms. The van der Waals surface area contributed by atoms with Gasteiger partial charge in [0.2, 0.25) is 0 Å². The lowest BCUT2D eigenvalue weighted by molar-refractivity contribution is 0.00915. The van der Waals surface area contributed by atoms with Crippen LogP contribution in [0.2, 0.25) is 0 Å². The van der Waals surface area contributed by atoms with Crippen LogP contribution in [-0.4, -0.2) is 16.0 Å². The molecule has 1 aliphatic heterocycles. The van der Waals surface area contributed by atoms with Crippen molar-refractivity contribution < 1.29 is 4.74 Å². The van der Waals surface area contributed by atoms with E-state index in [9.17, 15) is 0 Å². The van der Waals surface area contributed by atoms with E-state index in [2.05, 4.69) is 25.3 Å². The fourth-order valence-electron chi connectivity index (χ4n) is 2.19. The molecule has 0 spiro atoms. The Kier molecular flexibility index (Phi) is 2.69. The average Bonchev–Trinajstić information content (AvgIpc) is 2.75. The van der Waals surface area contributed by atoms with Crippen molar-refractivity contribution in [2.24, 2.45) is 0 Å². The minimum absolute atomic E-state index is 0.158. The molecule has 0 amide bonds. The van der Waals surface area contributed by atoms with Gasteiger partial charge in [0.15, 0.2) is 0 Å². The van der Waals surface area contributed by atoms with E-state index in [1.807, 2.05) is 24.5 Å². The van der Waals surface area contributed by atoms with Gasteiger partial charge in [0.05, 0.1) is 11.7 Å². The van der Waals surface area contributed by atoms with Gasteiger partial charge in [0.25, 0.3) is 0 Å². The molecule has 0 saturated carbocycles. The lowest BCUT2D eigenvalue weighted by Crippen LogP contribution is -2.14. The Balaban J connectivity index is 2.06. The Morgan fingerprint density at radius 1 is 1.44 bits per heavy atom. The Morgan fingerprint density at radius 2 is 2.38 bits per heavy atom. The molecule has 1 atom stereocenters. The number of hydrogen-bond acceptors (Lipinski definition) is 2. The highest BCUT2D eigenvalue weighted by Gasteiger charge is 2.20. The number of nitrogens with zero attached hydrogens (tertiary/aromatic N) is 2. The fraction of sp³-hybridized carbons (Fsp3) is 0.417. The largest absolute Gasteiger partial charge is 0.370 e. The van der Waals surface area contributed by atoms with Crippen molar-refractivity contribution in [2.75, 3.05) is 6.61 Å². The molecule has 2 aromatic rings. The maximum atomic E-state index is 5.77. The van der Waals surface area contributed by atoms with E-state index >= 15 is 0 Å². The average molecular weight is 281 g/mol. The molecule has 0 bridgehead atoms. The first-order chi connectivity index (χ1) is 7.86. The summed E-state index contributed by atoms with van der Waals surface area (Å²) >= 11 is 3.53. The highest BCUT2D eigenvalue weighted by Crippen LogP contribution is 2.29. The van der Waals surface area contributed by atoms with Crippen LogP contribution in [-0.2, 0) is 4.74 Å². The number of ether oxygens (including phenoxy) is 1. The maximum Gasteiger partial charge on any atom is 0.142 e. The van der Waals surface area contributed by atoms with Crippen LogP contribution in [0.15, 0.2) is 29.0 Å². The van der Waals surface area contributed by atoms with Crippen LogP contribution in [0.3, 0.4) is 0 Å². The monoisotopic (exact) mass is 280 g/mol. The van der Waals surface area contributed by atoms with Gasteiger partial charge in [-0.05, 0) is 47.3 Å². The molecule has 0 aromatic carbocycles. The minimum atomic E-state index is 0.158. The summed E-state index contributed by atoms with van der Waals surface area (Å²) in [5, 5.41) is 0. The molecule has 1 saturated heterocycles. The van der Waals surface area contributed by atoms with Gasteiger partial charge in [-0.15, -0.1) is 0 Å². The summed E-state index contributed by atoms with van der Waals surface area (Å²) in [4.78, 5) is 4.49. The summed E-state index contributed by atoms with van der Waals surface area (Å²) in [6.45, 7) is 0.855. The van der Waals surface area contributed by atoms with Crippen LogP contribution in [0.1, 0.15) is 31.2 Å². The lowest BCUT2D eigenvalue weighted by Gasteiger charge is -2.21. The van der Waals surface area contributed by atoms with Crippen molar-refractivity contribution >= 4 is 21.4 Å². The van der Waals surface area contributed by atoms with Gasteiger partial charge >= 0.3 is 0 Å². The summed E-state index contributed by atoms with van der Waals surface area (Å²) in [6.07, 6.45) is 7.58. The standard InChI is InChI=1S/C12H13BrN2O/c13-9-4-3-6-15-10(9)8-14-12(15)11-5-1-2-7-16-11/h3-4,6,8,11H,1-2,5,7H2. The van der Waals surface area contributed by atoms with Crippen molar-refractivity contribution in [1.82, 2.24) is 9.38 Å². The smallest absolute Gasteiger partial charge is 0.142 e. The SMILES string of the molecule is Brc1cccn2c(C3CCCCO3)ncc12. The second-order valence-electron chi connectivity index (χ2n) is 4.08. The van der Waals surface area contributed by atoms with Gasteiger partial charge in [-0.3, -0.25) is 0 Å². The van der Waals surface area contributed by atoms with E-state index in [1.165, 1.54) is 12.8 Å². The van der Waals surface area contributed by atoms with Crippen molar-refractivity contribution in [3.05, 3.63) is 34.8 Å². The van der Waals surface area contributed by atoms with E-state index in [4.69, 9.17) is 4.74 Å². The number of hydrogen-bond donors (Lipinski definition) is 0. The number of pyridine rings is 1. The van der Waals surface area contributed by atoms with Gasteiger partial charge in [0, 0.05) is 17.3 Å². The van der Waals surface area contributed by atoms with Crippen LogP contribution >= 0.6 is 15.9 Å². The second kappa shape index (κ2) is 4.18. The van der Waals surface area contributed by atoms with E-state index in [1.54, 1.807) is 0 Å². The Hall–Kier alpha value is -0.870. The summed E-state index contributed by atoms with van der Waals surface area (Å²) < 4.78 is 8.96. The number of imidazole rings is 1. The van der Waals surface area contributed by atoms with Crippen molar-refractivity contribution in [2.45, 2.75) is 25.4 Å². The van der Waals surface area contributed by atoms with Gasteiger partial charge < -0.3 is 9.14 Å². The van der Waals surface area contributed by atoms with Gasteiger partial charge in [0.1, 0.15) is 11.9 Å². The fourth-order valence-corrected chi connectivity index (χ4v) is 2.64. The Labute approximate surface area is 103 Å². The van der Waals surface area contributed by atoms with Crippen LogP contribution in [0, 0.1) is 0 Å². The third-order valence-electron chi connectivity index (χ3n) is 3.02. The number of rotatable bonds is 1. The topological polar surface area (TPSA) is 26.5 Å². The van der Waals surface area contributed by atoms with Crippen LogP contribution in [0.5, 0.6) is 0 Å². The minimum Gasteiger partial charge on any atom is -0.370 e. The molecule has 1 fully saturated rings. The van der Waals surface area contributed by atoms with Crippen molar-refractivity contribution in [3.8, 4) is 0 Å². The molecule has 3 nitrogen and oxygen atoms in total. The first-order valence-corrected chi connectivity index (χ1v) is 6.38. The van der Waals surface area contributed by atoms with Crippen LogP contribution < -0.4 is 0 Å². The predicted molar refractivity (Wildman–Crippen MR) is 65.4 cm³/mol. The zero-order valence-electron chi connectivity index (χ0n) is 8.90. The first-order valence-electron chi connectivity index (χ1n) is 5.59. The van der Waals surface area contributed by atoms with E-state index < -0.39 is 0 Å². The lowest BCUT2D eigenvalue weighted by atomic mass is 10.1. The molecular formula is C12H13BrN2O. The van der Waals surface area contributed by atoms with Crippen molar-refractivity contribution in [3.63, 3.8) is 0 Å². The van der Waals surface area contributed by atoms with Gasteiger partial charge in [-0.25, -0.2) is 4.98 Å². The Morgan fingerprint density at radius 3 is 3.19 bits per heavy atom. The van der Waals surface area contributed by atoms with Gasteiger partial charge in [-0.1, -0.05) is 0 Å². The number of fused-ring (bicyclic) bond motifs is 1. The summed E-state index contributed by atoms with van der Waals surface area (Å²) in [6, 6.07) is 4.05. The molecule has 4 heteroatoms. The van der Waals surface area contributed by atoms with Crippen LogP contribution in [0.4, 0.5) is 0 Å². The quantitative estimate of drug-likeness (QED) is 0.801. The Bertz CT molecular complexity index is 503. The normalized spacial score (nSPS) is 21.4. The summed E-state index contributed by atoms with van der Waals surface area (Å²) in [5.41, 5.74) is 1.10. The molecule has 84 valence electrons. The predicted octanol–water partition coefficient (Wildman–Crippen LogP) is 3.34. The highest BCUT2D eigenvalue weighted by atomic mass is 79.9. The van der Waals surface area contributed by atoms with Crippen LogP contribution in [0.25, 0.3) is 5.52 Å². The zero-order chi connectivity index (χ0) is 11.0. The molecule has 1 unspecified atom stereocenters. The third-order valence-corrected chi connectivity index (χ3v) is 3.69. The molecule has 3 rings (SSSR count). The van der Waals surface area contributed by atoms with E-state index in [0.717, 1.165) is 28.8 Å². The third kappa shape index (κ3) is 1.66. The zero-order valence-corrected chi connectivity index (χ0v) is 10.5. The molecule has 2 aromatic heterocycles. The maximum absolute atomic E-state index is 5.77. The highest BCUT2D eigenvalue weighted by molar-refractivity contribution is 9.10. The van der Waals surface area contributed by atoms with Gasteiger partial charge in [-0.2, -0.15) is 0 Å². The summed E-state index contributed by atoms with van der Waals surface area (Å²) in [7, 11) is 0. The molecule has 3 heterocycles. The molecular weight excluding hydrogens is 268 g/mol. The molecule has 1 aliphatic rings. The summed E-state index contributed by atoms with van der Waals surface area (Å²) in [5.74, 6) is 1.02. The second-order valence-corrected chi connectivity index (χ2v) is 4.94. The van der Waals surface area contributed by atoms with E-state index in [0.29, 0.717) is 0 Å². The van der Waals surface area contributed by atoms with E-state index in [-0.39, 0.29) is 6.10 Å². The molecule has 0 radical (unpaired) electrons. The molecule has 0 N–H and O–H groups in total. The first kappa shape index (κ1) is 10.3. The number of halogens is 1. The number of aromatic nitrogens is 2. The molecule has 0 aliphatic carbocycles.